The number of hydrogen-bond acceptors (Lipinski definition) is 3. The zero-order valence-corrected chi connectivity index (χ0v) is 17.9. The maximum atomic E-state index is 13.3. The predicted molar refractivity (Wildman–Crippen MR) is 118 cm³/mol. The van der Waals surface area contributed by atoms with Crippen molar-refractivity contribution < 1.29 is 26.4 Å². The molecule has 0 aliphatic heterocycles. The monoisotopic (exact) mass is 459 g/mol. The molecule has 0 bridgehead atoms. The van der Waals surface area contributed by atoms with Crippen molar-refractivity contribution in [2.75, 3.05) is 10.8 Å². The number of nitrogens with zero attached hydrogens (tertiary/aromatic N) is 1. The summed E-state index contributed by atoms with van der Waals surface area (Å²) in [5, 5.41) is 0. The van der Waals surface area contributed by atoms with Gasteiger partial charge in [-0.25, -0.2) is 8.42 Å². The molecule has 166 valence electrons. The molecule has 3 aromatic rings. The van der Waals surface area contributed by atoms with Crippen LogP contribution in [0.5, 0.6) is 0 Å². The normalized spacial score (nSPS) is 12.1. The average molecular weight is 459 g/mol. The average Bonchev–Trinajstić information content (AvgIpc) is 2.76. The Morgan fingerprint density at radius 1 is 0.938 bits per heavy atom. The molecule has 0 N–H and O–H groups in total. The van der Waals surface area contributed by atoms with Gasteiger partial charge in [-0.3, -0.25) is 9.10 Å². The molecule has 0 aromatic heterocycles. The summed E-state index contributed by atoms with van der Waals surface area (Å²) in [5.41, 5.74) is 0.491. The van der Waals surface area contributed by atoms with Crippen LogP contribution in [0.2, 0.25) is 0 Å². The number of alkyl halides is 3. The number of aryl methyl sites for hydroxylation is 1. The van der Waals surface area contributed by atoms with Crippen molar-refractivity contribution in [3.8, 4) is 0 Å². The first-order valence-electron chi connectivity index (χ1n) is 9.60. The van der Waals surface area contributed by atoms with Gasteiger partial charge in [0.15, 0.2) is 0 Å². The van der Waals surface area contributed by atoms with Crippen LogP contribution in [0, 0.1) is 6.92 Å². The Kier molecular flexibility index (Phi) is 6.84. The molecule has 0 unspecified atom stereocenters. The van der Waals surface area contributed by atoms with Gasteiger partial charge in [-0.05, 0) is 42.8 Å². The van der Waals surface area contributed by atoms with Crippen LogP contribution in [0.1, 0.15) is 27.0 Å². The van der Waals surface area contributed by atoms with Gasteiger partial charge < -0.3 is 0 Å². The van der Waals surface area contributed by atoms with Crippen LogP contribution in [0.15, 0.2) is 83.8 Å². The zero-order chi connectivity index (χ0) is 23.4. The number of hydrogen-bond donors (Lipinski definition) is 0. The lowest BCUT2D eigenvalue weighted by atomic mass is 10.1. The van der Waals surface area contributed by atoms with Crippen LogP contribution in [-0.2, 0) is 16.2 Å². The van der Waals surface area contributed by atoms with Crippen LogP contribution < -0.4 is 4.31 Å². The number of anilines is 1. The second-order valence-corrected chi connectivity index (χ2v) is 8.91. The summed E-state index contributed by atoms with van der Waals surface area (Å²) in [6.07, 6.45) is -1.35. The summed E-state index contributed by atoms with van der Waals surface area (Å²) in [5.74, 6) is 0. The number of aldehydes is 1. The Labute approximate surface area is 184 Å². The van der Waals surface area contributed by atoms with E-state index in [1.807, 2.05) is 6.92 Å². The lowest BCUT2D eigenvalue weighted by Crippen LogP contribution is -2.31. The minimum atomic E-state index is -4.53. The summed E-state index contributed by atoms with van der Waals surface area (Å²) in [7, 11) is -4.04. The van der Waals surface area contributed by atoms with Crippen LogP contribution in [0.4, 0.5) is 18.9 Å². The largest absolute Gasteiger partial charge is 0.416 e. The number of sulfonamides is 1. The third-order valence-electron chi connectivity index (χ3n) is 4.74. The highest BCUT2D eigenvalue weighted by Gasteiger charge is 2.32. The highest BCUT2D eigenvalue weighted by Crippen LogP contribution is 2.32. The molecule has 0 aliphatic carbocycles. The summed E-state index contributed by atoms with van der Waals surface area (Å²) < 4.78 is 67.5. The van der Waals surface area contributed by atoms with Crippen molar-refractivity contribution >= 4 is 28.1 Å². The van der Waals surface area contributed by atoms with Crippen LogP contribution in [0.25, 0.3) is 6.08 Å². The molecule has 4 nitrogen and oxygen atoms in total. The molecule has 3 rings (SSSR count). The molecule has 0 saturated heterocycles. The third-order valence-corrected chi connectivity index (χ3v) is 6.55. The van der Waals surface area contributed by atoms with E-state index in [0.29, 0.717) is 6.29 Å². The smallest absolute Gasteiger partial charge is 0.298 e. The molecule has 0 saturated carbocycles. The Morgan fingerprint density at radius 2 is 1.62 bits per heavy atom. The van der Waals surface area contributed by atoms with E-state index in [0.717, 1.165) is 15.9 Å². The second kappa shape index (κ2) is 9.40. The maximum Gasteiger partial charge on any atom is 0.416 e. The first kappa shape index (κ1) is 23.3. The molecule has 0 radical (unpaired) electrons. The van der Waals surface area contributed by atoms with E-state index in [-0.39, 0.29) is 28.3 Å². The molecular weight excluding hydrogens is 439 g/mol. The number of benzene rings is 3. The first-order chi connectivity index (χ1) is 15.1. The third kappa shape index (κ3) is 5.26. The van der Waals surface area contributed by atoms with E-state index in [1.54, 1.807) is 18.2 Å². The van der Waals surface area contributed by atoms with Crippen LogP contribution >= 0.6 is 0 Å². The minimum Gasteiger partial charge on any atom is -0.298 e. The maximum absolute atomic E-state index is 13.3. The quantitative estimate of drug-likeness (QED) is 0.424. The number of rotatable bonds is 7. The van der Waals surface area contributed by atoms with Crippen molar-refractivity contribution in [1.82, 2.24) is 0 Å². The summed E-state index contributed by atoms with van der Waals surface area (Å²) >= 11 is 0. The molecular formula is C24H20F3NO3S. The topological polar surface area (TPSA) is 54.5 Å². The second-order valence-electron chi connectivity index (χ2n) is 7.05. The fraction of sp³-hybridized carbons (Fsp3) is 0.125. The lowest BCUT2D eigenvalue weighted by Gasteiger charge is -2.23. The minimum absolute atomic E-state index is 0.0312. The van der Waals surface area contributed by atoms with Crippen molar-refractivity contribution in [3.05, 3.63) is 101 Å². The number of carbonyl (C=O) groups excluding carboxylic acids is 1. The fourth-order valence-corrected chi connectivity index (χ4v) is 4.52. The molecule has 8 heteroatoms. The van der Waals surface area contributed by atoms with E-state index < -0.39 is 21.8 Å². The number of carbonyl (C=O) groups is 1. The molecule has 0 spiro atoms. The number of halogens is 3. The van der Waals surface area contributed by atoms with E-state index in [9.17, 15) is 26.4 Å². The standard InChI is InChI=1S/C24H20F3NO3S/c1-18-11-13-22(14-12-18)32(30,31)28(21-9-4-6-19(16-21)17-29)15-5-8-20-7-2-3-10-23(20)24(25,26)27/h2-14,16-17H,15H2,1H3. The summed E-state index contributed by atoms with van der Waals surface area (Å²) in [6.45, 7) is 1.59. The summed E-state index contributed by atoms with van der Waals surface area (Å²) in [4.78, 5) is 11.2. The Balaban J connectivity index is 2.02. The first-order valence-corrected chi connectivity index (χ1v) is 11.0. The molecule has 32 heavy (non-hydrogen) atoms. The SMILES string of the molecule is Cc1ccc(S(=O)(=O)N(CC=Cc2ccccc2C(F)(F)F)c2cccc(C=O)c2)cc1. The predicted octanol–water partition coefficient (Wildman–Crippen LogP) is 5.74. The van der Waals surface area contributed by atoms with Crippen LogP contribution in [-0.4, -0.2) is 21.2 Å². The molecule has 0 heterocycles. The van der Waals surface area contributed by atoms with E-state index >= 15 is 0 Å². The molecule has 0 atom stereocenters. The molecule has 0 fully saturated rings. The lowest BCUT2D eigenvalue weighted by molar-refractivity contribution is -0.137. The van der Waals surface area contributed by atoms with Gasteiger partial charge in [0, 0.05) is 5.56 Å². The Morgan fingerprint density at radius 3 is 2.28 bits per heavy atom. The van der Waals surface area contributed by atoms with Crippen molar-refractivity contribution in [2.24, 2.45) is 0 Å². The van der Waals surface area contributed by atoms with Gasteiger partial charge in [0.05, 0.1) is 22.7 Å². The van der Waals surface area contributed by atoms with Crippen LogP contribution in [0.3, 0.4) is 0 Å². The Bertz CT molecular complexity index is 1230. The van der Waals surface area contributed by atoms with Gasteiger partial charge in [-0.1, -0.05) is 60.2 Å². The van der Waals surface area contributed by atoms with Gasteiger partial charge >= 0.3 is 6.18 Å². The van der Waals surface area contributed by atoms with Crippen molar-refractivity contribution in [3.63, 3.8) is 0 Å². The fourth-order valence-electron chi connectivity index (χ4n) is 3.11. The van der Waals surface area contributed by atoms with Crippen molar-refractivity contribution in [2.45, 2.75) is 18.0 Å². The highest BCUT2D eigenvalue weighted by atomic mass is 32.2. The molecule has 0 aliphatic rings. The van der Waals surface area contributed by atoms with E-state index in [4.69, 9.17) is 0 Å². The van der Waals surface area contributed by atoms with Crippen molar-refractivity contribution in [1.29, 1.82) is 0 Å². The highest BCUT2D eigenvalue weighted by molar-refractivity contribution is 7.92. The Hall–Kier alpha value is -3.39. The van der Waals surface area contributed by atoms with E-state index in [2.05, 4.69) is 0 Å². The van der Waals surface area contributed by atoms with E-state index in [1.165, 1.54) is 60.7 Å². The van der Waals surface area contributed by atoms with Gasteiger partial charge in [0.2, 0.25) is 0 Å². The van der Waals surface area contributed by atoms with Gasteiger partial charge in [-0.2, -0.15) is 13.2 Å². The zero-order valence-electron chi connectivity index (χ0n) is 17.1. The van der Waals surface area contributed by atoms with Gasteiger partial charge in [-0.15, -0.1) is 0 Å². The van der Waals surface area contributed by atoms with Gasteiger partial charge in [0.1, 0.15) is 6.29 Å². The summed E-state index contributed by atoms with van der Waals surface area (Å²) in [6, 6.07) is 17.3. The van der Waals surface area contributed by atoms with Gasteiger partial charge in [0.25, 0.3) is 10.0 Å². The molecule has 3 aromatic carbocycles. The molecule has 0 amide bonds.